The summed E-state index contributed by atoms with van der Waals surface area (Å²) in [5.41, 5.74) is 2.90. The Morgan fingerprint density at radius 1 is 0.931 bits per heavy atom. The number of aryl methyl sites for hydroxylation is 2. The van der Waals surface area contributed by atoms with Crippen molar-refractivity contribution in [2.45, 2.75) is 13.8 Å². The number of rotatable bonds is 3. The number of carbonyl (C=O) groups is 2. The fourth-order valence-electron chi connectivity index (χ4n) is 3.76. The van der Waals surface area contributed by atoms with Crippen LogP contribution in [0.5, 0.6) is 0 Å². The van der Waals surface area contributed by atoms with Gasteiger partial charge >= 0.3 is 6.03 Å². The van der Waals surface area contributed by atoms with Gasteiger partial charge < -0.3 is 14.7 Å². The van der Waals surface area contributed by atoms with Crippen molar-refractivity contribution in [2.75, 3.05) is 56.1 Å². The molecule has 0 atom stereocenters. The minimum absolute atomic E-state index is 0.0798. The summed E-state index contributed by atoms with van der Waals surface area (Å²) in [6.45, 7) is 7.97. The van der Waals surface area contributed by atoms with Crippen LogP contribution in [-0.4, -0.2) is 83.0 Å². The summed E-state index contributed by atoms with van der Waals surface area (Å²) in [5.74, 6) is 0.949. The van der Waals surface area contributed by atoms with E-state index in [9.17, 15) is 9.59 Å². The molecule has 9 heteroatoms. The Bertz CT molecular complexity index is 923. The smallest absolute Gasteiger partial charge is 0.324 e. The lowest BCUT2D eigenvalue weighted by atomic mass is 10.2. The van der Waals surface area contributed by atoms with Crippen molar-refractivity contribution in [3.8, 4) is 0 Å². The van der Waals surface area contributed by atoms with Gasteiger partial charge in [0.25, 0.3) is 5.91 Å². The van der Waals surface area contributed by atoms with Crippen LogP contribution in [0.25, 0.3) is 0 Å². The van der Waals surface area contributed by atoms with E-state index in [1.807, 2.05) is 13.1 Å². The molecule has 0 aliphatic carbocycles. The number of carbonyl (C=O) groups excluding carboxylic acids is 2. The van der Waals surface area contributed by atoms with Crippen molar-refractivity contribution in [2.24, 2.45) is 0 Å². The summed E-state index contributed by atoms with van der Waals surface area (Å²) in [6.07, 6.45) is 4.97. The quantitative estimate of drug-likeness (QED) is 0.779. The standard InChI is InChI=1S/C20H25N7O2/c1-14-10-15(2)18(23-11-14)25-5-7-26(8-6-25)19(28)17-21-12-16(13-22-17)27-9-4-24(3)20(27)29/h10-13H,4-9H2,1-3H3. The number of likely N-dealkylation sites (N-methyl/N-ethyl adjacent to an activating group) is 1. The maximum Gasteiger partial charge on any atom is 0.324 e. The van der Waals surface area contributed by atoms with E-state index < -0.39 is 0 Å². The van der Waals surface area contributed by atoms with Crippen LogP contribution in [0.1, 0.15) is 21.7 Å². The largest absolute Gasteiger partial charge is 0.353 e. The molecule has 152 valence electrons. The first-order valence-corrected chi connectivity index (χ1v) is 9.76. The summed E-state index contributed by atoms with van der Waals surface area (Å²) < 4.78 is 0. The van der Waals surface area contributed by atoms with Crippen LogP contribution in [0.4, 0.5) is 16.3 Å². The molecule has 0 bridgehead atoms. The molecule has 0 unspecified atom stereocenters. The van der Waals surface area contributed by atoms with Gasteiger partial charge in [-0.15, -0.1) is 0 Å². The Morgan fingerprint density at radius 3 is 2.21 bits per heavy atom. The van der Waals surface area contributed by atoms with Gasteiger partial charge in [0.15, 0.2) is 0 Å². The summed E-state index contributed by atoms with van der Waals surface area (Å²) in [5, 5.41) is 0. The zero-order valence-corrected chi connectivity index (χ0v) is 17.0. The topological polar surface area (TPSA) is 85.8 Å². The number of hydrogen-bond acceptors (Lipinski definition) is 6. The molecule has 0 aromatic carbocycles. The highest BCUT2D eigenvalue weighted by Gasteiger charge is 2.28. The highest BCUT2D eigenvalue weighted by molar-refractivity contribution is 5.94. The van der Waals surface area contributed by atoms with Gasteiger partial charge in [-0.2, -0.15) is 0 Å². The summed E-state index contributed by atoms with van der Waals surface area (Å²) in [7, 11) is 1.76. The molecule has 2 aliphatic rings. The van der Waals surface area contributed by atoms with Gasteiger partial charge in [0.1, 0.15) is 5.82 Å². The molecule has 2 aromatic heterocycles. The number of nitrogens with zero attached hydrogens (tertiary/aromatic N) is 7. The molecule has 0 N–H and O–H groups in total. The van der Waals surface area contributed by atoms with E-state index in [1.54, 1.807) is 34.1 Å². The van der Waals surface area contributed by atoms with Crippen LogP contribution < -0.4 is 9.80 Å². The van der Waals surface area contributed by atoms with E-state index in [2.05, 4.69) is 32.8 Å². The van der Waals surface area contributed by atoms with E-state index in [4.69, 9.17) is 0 Å². The van der Waals surface area contributed by atoms with Crippen molar-refractivity contribution in [3.63, 3.8) is 0 Å². The van der Waals surface area contributed by atoms with Crippen molar-refractivity contribution >= 4 is 23.4 Å². The molecule has 2 aromatic rings. The fraction of sp³-hybridized carbons (Fsp3) is 0.450. The second kappa shape index (κ2) is 7.65. The predicted molar refractivity (Wildman–Crippen MR) is 109 cm³/mol. The second-order valence-corrected chi connectivity index (χ2v) is 7.55. The zero-order chi connectivity index (χ0) is 20.5. The normalized spacial score (nSPS) is 17.3. The van der Waals surface area contributed by atoms with E-state index in [0.717, 1.165) is 30.0 Å². The van der Waals surface area contributed by atoms with Crippen LogP contribution in [-0.2, 0) is 0 Å². The predicted octanol–water partition coefficient (Wildman–Crippen LogP) is 1.32. The molecular weight excluding hydrogens is 370 g/mol. The molecule has 0 saturated carbocycles. The first-order valence-electron chi connectivity index (χ1n) is 9.76. The van der Waals surface area contributed by atoms with Crippen LogP contribution in [0.3, 0.4) is 0 Å². The Kier molecular flexibility index (Phi) is 5.04. The minimum atomic E-state index is -0.186. The molecule has 0 radical (unpaired) electrons. The maximum absolute atomic E-state index is 12.8. The second-order valence-electron chi connectivity index (χ2n) is 7.55. The zero-order valence-electron chi connectivity index (χ0n) is 17.0. The lowest BCUT2D eigenvalue weighted by molar-refractivity contribution is 0.0734. The van der Waals surface area contributed by atoms with E-state index in [-0.39, 0.29) is 17.8 Å². The van der Waals surface area contributed by atoms with Crippen molar-refractivity contribution in [1.82, 2.24) is 24.8 Å². The van der Waals surface area contributed by atoms with Gasteiger partial charge in [-0.1, -0.05) is 6.07 Å². The van der Waals surface area contributed by atoms with Gasteiger partial charge in [-0.3, -0.25) is 9.69 Å². The Balaban J connectivity index is 1.39. The third kappa shape index (κ3) is 3.72. The molecule has 2 saturated heterocycles. The number of urea groups is 1. The monoisotopic (exact) mass is 395 g/mol. The fourth-order valence-corrected chi connectivity index (χ4v) is 3.76. The Labute approximate surface area is 170 Å². The molecule has 29 heavy (non-hydrogen) atoms. The summed E-state index contributed by atoms with van der Waals surface area (Å²) in [4.78, 5) is 45.1. The molecule has 4 rings (SSSR count). The number of anilines is 2. The summed E-state index contributed by atoms with van der Waals surface area (Å²) >= 11 is 0. The highest BCUT2D eigenvalue weighted by atomic mass is 16.2. The Morgan fingerprint density at radius 2 is 1.62 bits per heavy atom. The molecule has 2 aliphatic heterocycles. The third-order valence-electron chi connectivity index (χ3n) is 5.41. The first kappa shape index (κ1) is 19.1. The van der Waals surface area contributed by atoms with Crippen LogP contribution in [0.2, 0.25) is 0 Å². The van der Waals surface area contributed by atoms with Crippen molar-refractivity contribution in [3.05, 3.63) is 41.6 Å². The molecule has 2 fully saturated rings. The molecule has 9 nitrogen and oxygen atoms in total. The number of aromatic nitrogens is 3. The SMILES string of the molecule is Cc1cnc(N2CCN(C(=O)c3ncc(N4CCN(C)C4=O)cn3)CC2)c(C)c1. The van der Waals surface area contributed by atoms with Crippen LogP contribution in [0.15, 0.2) is 24.7 Å². The molecule has 4 heterocycles. The van der Waals surface area contributed by atoms with E-state index in [0.29, 0.717) is 31.9 Å². The Hall–Kier alpha value is -3.23. The highest BCUT2D eigenvalue weighted by Crippen LogP contribution is 2.20. The first-order chi connectivity index (χ1) is 13.9. The van der Waals surface area contributed by atoms with Crippen molar-refractivity contribution in [1.29, 1.82) is 0 Å². The number of amides is 3. The van der Waals surface area contributed by atoms with Gasteiger partial charge in [0, 0.05) is 52.5 Å². The number of hydrogen-bond donors (Lipinski definition) is 0. The third-order valence-corrected chi connectivity index (χ3v) is 5.41. The average molecular weight is 395 g/mol. The van der Waals surface area contributed by atoms with Gasteiger partial charge in [0.2, 0.25) is 5.82 Å². The average Bonchev–Trinajstić information content (AvgIpc) is 3.06. The molecular formula is C20H25N7O2. The molecule has 0 spiro atoms. The summed E-state index contributed by atoms with van der Waals surface area (Å²) in [6, 6.07) is 2.04. The van der Waals surface area contributed by atoms with E-state index in [1.165, 1.54) is 0 Å². The van der Waals surface area contributed by atoms with Gasteiger partial charge in [-0.25, -0.2) is 19.7 Å². The van der Waals surface area contributed by atoms with Crippen LogP contribution in [0, 0.1) is 13.8 Å². The van der Waals surface area contributed by atoms with E-state index >= 15 is 0 Å². The van der Waals surface area contributed by atoms with Gasteiger partial charge in [0.05, 0.1) is 18.1 Å². The van der Waals surface area contributed by atoms with Crippen LogP contribution >= 0.6 is 0 Å². The number of pyridine rings is 1. The minimum Gasteiger partial charge on any atom is -0.353 e. The number of piperazine rings is 1. The maximum atomic E-state index is 12.8. The lowest BCUT2D eigenvalue weighted by Gasteiger charge is -2.35. The van der Waals surface area contributed by atoms with Crippen molar-refractivity contribution < 1.29 is 9.59 Å². The lowest BCUT2D eigenvalue weighted by Crippen LogP contribution is -2.49. The molecule has 3 amide bonds. The van der Waals surface area contributed by atoms with Gasteiger partial charge in [-0.05, 0) is 25.0 Å².